The van der Waals surface area contributed by atoms with E-state index in [-0.39, 0.29) is 18.5 Å². The Morgan fingerprint density at radius 2 is 1.76 bits per heavy atom. The van der Waals surface area contributed by atoms with E-state index in [4.69, 9.17) is 4.42 Å². The van der Waals surface area contributed by atoms with Crippen molar-refractivity contribution in [2.45, 2.75) is 59.0 Å². The molecule has 0 spiro atoms. The average Bonchev–Trinajstić information content (AvgIpc) is 2.89. The van der Waals surface area contributed by atoms with Crippen molar-refractivity contribution >= 4 is 28.8 Å². The maximum absolute atomic E-state index is 13.0. The van der Waals surface area contributed by atoms with Crippen LogP contribution in [0.15, 0.2) is 27.4 Å². The molecule has 29 heavy (non-hydrogen) atoms. The highest BCUT2D eigenvalue weighted by molar-refractivity contribution is 6.44. The van der Waals surface area contributed by atoms with E-state index in [1.807, 2.05) is 32.9 Å². The summed E-state index contributed by atoms with van der Waals surface area (Å²) in [4.78, 5) is 52.5. The highest BCUT2D eigenvalue weighted by atomic mass is 16.4. The predicted molar refractivity (Wildman–Crippen MR) is 106 cm³/mol. The van der Waals surface area contributed by atoms with E-state index in [0.29, 0.717) is 16.5 Å². The van der Waals surface area contributed by atoms with Gasteiger partial charge in [-0.15, -0.1) is 0 Å². The van der Waals surface area contributed by atoms with E-state index in [0.717, 1.165) is 46.6 Å². The van der Waals surface area contributed by atoms with Gasteiger partial charge in [-0.2, -0.15) is 0 Å². The van der Waals surface area contributed by atoms with Crippen molar-refractivity contribution in [3.05, 3.63) is 45.3 Å². The fourth-order valence-electron chi connectivity index (χ4n) is 4.46. The van der Waals surface area contributed by atoms with Gasteiger partial charge < -0.3 is 4.42 Å². The van der Waals surface area contributed by atoms with Gasteiger partial charge in [-0.05, 0) is 49.3 Å². The van der Waals surface area contributed by atoms with E-state index in [9.17, 15) is 19.2 Å². The Bertz CT molecular complexity index is 1090. The Balaban J connectivity index is 1.71. The third kappa shape index (κ3) is 3.14. The van der Waals surface area contributed by atoms with E-state index in [1.54, 1.807) is 0 Å². The first-order valence-corrected chi connectivity index (χ1v) is 10.0. The molecule has 2 heterocycles. The van der Waals surface area contributed by atoms with Gasteiger partial charge in [-0.25, -0.2) is 9.59 Å². The number of urea groups is 1. The van der Waals surface area contributed by atoms with Crippen LogP contribution in [0, 0.1) is 19.8 Å². The molecule has 1 aliphatic heterocycles. The van der Waals surface area contributed by atoms with Crippen LogP contribution in [0.2, 0.25) is 0 Å². The van der Waals surface area contributed by atoms with Crippen LogP contribution in [-0.2, 0) is 16.1 Å². The van der Waals surface area contributed by atoms with Crippen molar-refractivity contribution in [2.75, 3.05) is 0 Å². The smallest absolute Gasteiger partial charge is 0.336 e. The molecular weight excluding hydrogens is 372 g/mol. The molecule has 2 atom stereocenters. The molecule has 1 saturated carbocycles. The Morgan fingerprint density at radius 3 is 2.48 bits per heavy atom. The van der Waals surface area contributed by atoms with E-state index in [2.05, 4.69) is 0 Å². The summed E-state index contributed by atoms with van der Waals surface area (Å²) in [6, 6.07) is 4.15. The number of imide groups is 2. The van der Waals surface area contributed by atoms with Crippen molar-refractivity contribution in [3.63, 3.8) is 0 Å². The molecule has 0 bridgehead atoms. The van der Waals surface area contributed by atoms with Gasteiger partial charge >= 0.3 is 23.5 Å². The van der Waals surface area contributed by atoms with E-state index in [1.165, 1.54) is 6.07 Å². The molecule has 4 rings (SSSR count). The van der Waals surface area contributed by atoms with Crippen LogP contribution in [0.5, 0.6) is 0 Å². The summed E-state index contributed by atoms with van der Waals surface area (Å²) in [6.45, 7) is 5.65. The number of hydrogen-bond donors (Lipinski definition) is 0. The molecule has 7 nitrogen and oxygen atoms in total. The SMILES string of the molecule is Cc1ccc2c(CN3C(=O)C(=O)N([C@H]4CCCC[C@H]4C)C3=O)cc(=O)oc2c1C. The van der Waals surface area contributed by atoms with Crippen LogP contribution < -0.4 is 5.63 Å². The number of amides is 4. The molecule has 0 N–H and O–H groups in total. The number of fused-ring (bicyclic) bond motifs is 1. The lowest BCUT2D eigenvalue weighted by Gasteiger charge is -2.34. The third-order valence-electron chi connectivity index (χ3n) is 6.33. The minimum Gasteiger partial charge on any atom is -0.422 e. The lowest BCUT2D eigenvalue weighted by molar-refractivity contribution is -0.144. The van der Waals surface area contributed by atoms with Gasteiger partial charge in [-0.3, -0.25) is 19.4 Å². The molecule has 1 aromatic carbocycles. The fourth-order valence-corrected chi connectivity index (χ4v) is 4.46. The Morgan fingerprint density at radius 1 is 1.03 bits per heavy atom. The van der Waals surface area contributed by atoms with Crippen LogP contribution in [0.4, 0.5) is 4.79 Å². The highest BCUT2D eigenvalue weighted by Crippen LogP contribution is 2.32. The first-order valence-electron chi connectivity index (χ1n) is 10.0. The van der Waals surface area contributed by atoms with Crippen LogP contribution in [0.1, 0.15) is 49.3 Å². The molecule has 1 aliphatic carbocycles. The second-order valence-electron chi connectivity index (χ2n) is 8.15. The second kappa shape index (κ2) is 7.13. The zero-order valence-electron chi connectivity index (χ0n) is 16.9. The van der Waals surface area contributed by atoms with Crippen molar-refractivity contribution in [2.24, 2.45) is 5.92 Å². The van der Waals surface area contributed by atoms with E-state index < -0.39 is 23.5 Å². The topological polar surface area (TPSA) is 87.9 Å². The zero-order chi connectivity index (χ0) is 20.9. The molecule has 152 valence electrons. The van der Waals surface area contributed by atoms with Gasteiger partial charge in [0.25, 0.3) is 0 Å². The normalized spacial score (nSPS) is 22.8. The molecule has 0 unspecified atom stereocenters. The molecule has 1 aromatic heterocycles. The van der Waals surface area contributed by atoms with E-state index >= 15 is 0 Å². The van der Waals surface area contributed by atoms with Crippen molar-refractivity contribution in [3.8, 4) is 0 Å². The van der Waals surface area contributed by atoms with Gasteiger partial charge in [-0.1, -0.05) is 31.9 Å². The van der Waals surface area contributed by atoms with Crippen molar-refractivity contribution < 1.29 is 18.8 Å². The van der Waals surface area contributed by atoms with Gasteiger partial charge in [0.05, 0.1) is 6.54 Å². The van der Waals surface area contributed by atoms with Crippen LogP contribution in [-0.4, -0.2) is 33.7 Å². The molecule has 2 aromatic rings. The molecular formula is C22H24N2O5. The molecule has 0 radical (unpaired) electrons. The number of hydrogen-bond acceptors (Lipinski definition) is 5. The third-order valence-corrected chi connectivity index (χ3v) is 6.33. The monoisotopic (exact) mass is 396 g/mol. The number of nitrogens with zero attached hydrogens (tertiary/aromatic N) is 2. The van der Waals surface area contributed by atoms with Gasteiger partial charge in [0, 0.05) is 17.5 Å². The first-order chi connectivity index (χ1) is 13.8. The summed E-state index contributed by atoms with van der Waals surface area (Å²) in [6.07, 6.45) is 3.65. The Hall–Kier alpha value is -2.96. The standard InChI is InChI=1S/C22H24N2O5/c1-12-8-9-16-15(10-18(25)29-19(16)14(12)3)11-23-20(26)21(27)24(22(23)28)17-7-5-4-6-13(17)2/h8-10,13,17H,4-7,11H2,1-3H3/t13-,17+/m1/s1. The Labute approximate surface area is 168 Å². The summed E-state index contributed by atoms with van der Waals surface area (Å²) >= 11 is 0. The second-order valence-corrected chi connectivity index (χ2v) is 8.15. The van der Waals surface area contributed by atoms with Gasteiger partial charge in [0.2, 0.25) is 0 Å². The largest absolute Gasteiger partial charge is 0.422 e. The molecule has 7 heteroatoms. The number of carbonyl (C=O) groups is 3. The zero-order valence-corrected chi connectivity index (χ0v) is 16.9. The minimum atomic E-state index is -0.835. The predicted octanol–water partition coefficient (Wildman–Crippen LogP) is 3.28. The summed E-state index contributed by atoms with van der Waals surface area (Å²) < 4.78 is 5.36. The molecule has 1 saturated heterocycles. The maximum Gasteiger partial charge on any atom is 0.336 e. The minimum absolute atomic E-state index is 0.133. The lowest BCUT2D eigenvalue weighted by Crippen LogP contribution is -2.46. The number of carbonyl (C=O) groups excluding carboxylic acids is 3. The molecule has 4 amide bonds. The van der Waals surface area contributed by atoms with Crippen LogP contribution >= 0.6 is 0 Å². The van der Waals surface area contributed by atoms with Gasteiger partial charge in [0.15, 0.2) is 0 Å². The quantitative estimate of drug-likeness (QED) is 0.451. The lowest BCUT2D eigenvalue weighted by atomic mass is 9.85. The number of aryl methyl sites for hydroxylation is 2. The number of benzene rings is 1. The number of rotatable bonds is 3. The van der Waals surface area contributed by atoms with Crippen molar-refractivity contribution in [1.82, 2.24) is 9.80 Å². The van der Waals surface area contributed by atoms with Crippen molar-refractivity contribution in [1.29, 1.82) is 0 Å². The maximum atomic E-state index is 13.0. The van der Waals surface area contributed by atoms with Crippen LogP contribution in [0.3, 0.4) is 0 Å². The van der Waals surface area contributed by atoms with Crippen LogP contribution in [0.25, 0.3) is 11.0 Å². The summed E-state index contributed by atoms with van der Waals surface area (Å²) in [5.41, 5.74) is 2.18. The van der Waals surface area contributed by atoms with Gasteiger partial charge in [0.1, 0.15) is 5.58 Å². The molecule has 2 aliphatic rings. The fraction of sp³-hybridized carbons (Fsp3) is 0.455. The summed E-state index contributed by atoms with van der Waals surface area (Å²) in [7, 11) is 0. The summed E-state index contributed by atoms with van der Waals surface area (Å²) in [5.74, 6) is -1.44. The molecule has 2 fully saturated rings. The Kier molecular flexibility index (Phi) is 4.76. The average molecular weight is 396 g/mol. The first kappa shape index (κ1) is 19.4. The highest BCUT2D eigenvalue weighted by Gasteiger charge is 2.49. The summed E-state index contributed by atoms with van der Waals surface area (Å²) in [5, 5.41) is 0.658.